The van der Waals surface area contributed by atoms with E-state index in [1.54, 1.807) is 0 Å². The molecule has 0 aromatic heterocycles. The van der Waals surface area contributed by atoms with Gasteiger partial charge >= 0.3 is 0 Å². The van der Waals surface area contributed by atoms with Crippen molar-refractivity contribution in [3.63, 3.8) is 0 Å². The number of aliphatic imine (C=N–C) groups is 1. The lowest BCUT2D eigenvalue weighted by Gasteiger charge is -2.21. The van der Waals surface area contributed by atoms with Gasteiger partial charge in [-0.25, -0.2) is 0 Å². The van der Waals surface area contributed by atoms with Crippen molar-refractivity contribution in [2.24, 2.45) is 22.2 Å². The Balaban J connectivity index is 1.65. The van der Waals surface area contributed by atoms with Crippen molar-refractivity contribution in [3.8, 4) is 0 Å². The van der Waals surface area contributed by atoms with Crippen LogP contribution in [0.15, 0.2) is 77.8 Å². The molecular weight excluding hydrogens is 428 g/mol. The maximum Gasteiger partial charge on any atom is 0.242 e. The van der Waals surface area contributed by atoms with Gasteiger partial charge < -0.3 is 27.8 Å². The number of guanidine groups is 1. The Hall–Kier alpha value is -3.91. The summed E-state index contributed by atoms with van der Waals surface area (Å²) >= 11 is 0. The van der Waals surface area contributed by atoms with Crippen LogP contribution in [0.4, 0.5) is 0 Å². The summed E-state index contributed by atoms with van der Waals surface area (Å²) in [6.07, 6.45) is 1.28. The standard InChI is InChI=1S/C26H32N6O2/c27-22(16-18-8-2-1-3-9-18)24(33)32-23(14-7-15-30-26(28)29)25(34)31-17-20-12-6-11-19-10-4-5-13-21(19)20/h1-6,8-13,22-23H,7,14-17,27H2,(H,31,34)(H,32,33)(H4,28,29,30)/t22-,23+/m1/s1. The predicted octanol–water partition coefficient (Wildman–Crippen LogP) is 1.56. The molecule has 0 saturated carbocycles. The SMILES string of the molecule is NC(N)=NCCC[C@H](NC(=O)[C@H](N)Cc1ccccc1)C(=O)NCc1cccc2ccccc12. The van der Waals surface area contributed by atoms with Crippen LogP contribution in [0, 0.1) is 0 Å². The second-order valence-electron chi connectivity index (χ2n) is 8.16. The maximum absolute atomic E-state index is 13.0. The third-order valence-electron chi connectivity index (χ3n) is 5.55. The fraction of sp³-hybridized carbons (Fsp3) is 0.269. The molecule has 0 unspecified atom stereocenters. The van der Waals surface area contributed by atoms with E-state index in [1.807, 2.05) is 72.8 Å². The first-order chi connectivity index (χ1) is 16.4. The summed E-state index contributed by atoms with van der Waals surface area (Å²) in [6, 6.07) is 22.0. The van der Waals surface area contributed by atoms with Crippen molar-refractivity contribution in [2.75, 3.05) is 6.54 Å². The second kappa shape index (κ2) is 12.4. The smallest absolute Gasteiger partial charge is 0.242 e. The molecule has 0 aliphatic heterocycles. The molecule has 0 bridgehead atoms. The highest BCUT2D eigenvalue weighted by Crippen LogP contribution is 2.18. The van der Waals surface area contributed by atoms with Gasteiger partial charge in [0.2, 0.25) is 11.8 Å². The largest absolute Gasteiger partial charge is 0.370 e. The number of nitrogens with zero attached hydrogens (tertiary/aromatic N) is 1. The Bertz CT molecular complexity index is 1120. The summed E-state index contributed by atoms with van der Waals surface area (Å²) in [6.45, 7) is 0.706. The van der Waals surface area contributed by atoms with E-state index in [9.17, 15) is 9.59 Å². The Morgan fingerprint density at radius 2 is 1.59 bits per heavy atom. The topological polar surface area (TPSA) is 149 Å². The first-order valence-corrected chi connectivity index (χ1v) is 11.3. The number of fused-ring (bicyclic) bond motifs is 1. The molecule has 2 atom stereocenters. The third-order valence-corrected chi connectivity index (χ3v) is 5.55. The number of benzene rings is 3. The van der Waals surface area contributed by atoms with Gasteiger partial charge in [-0.3, -0.25) is 14.6 Å². The highest BCUT2D eigenvalue weighted by atomic mass is 16.2. The summed E-state index contributed by atoms with van der Waals surface area (Å²) in [7, 11) is 0. The normalized spacial score (nSPS) is 12.5. The lowest BCUT2D eigenvalue weighted by atomic mass is 10.0. The van der Waals surface area contributed by atoms with Gasteiger partial charge in [0, 0.05) is 13.1 Å². The van der Waals surface area contributed by atoms with Crippen molar-refractivity contribution < 1.29 is 9.59 Å². The van der Waals surface area contributed by atoms with Crippen LogP contribution >= 0.6 is 0 Å². The maximum atomic E-state index is 13.0. The first kappa shape index (κ1) is 24.7. The third kappa shape index (κ3) is 7.31. The summed E-state index contributed by atoms with van der Waals surface area (Å²) in [4.78, 5) is 29.8. The molecule has 3 aromatic rings. The van der Waals surface area contributed by atoms with E-state index in [-0.39, 0.29) is 17.8 Å². The zero-order valence-electron chi connectivity index (χ0n) is 19.1. The van der Waals surface area contributed by atoms with E-state index in [0.717, 1.165) is 21.9 Å². The molecule has 3 rings (SSSR count). The average molecular weight is 461 g/mol. The summed E-state index contributed by atoms with van der Waals surface area (Å²) in [5.41, 5.74) is 18.8. The molecule has 178 valence electrons. The Kier molecular flexibility index (Phi) is 8.99. The minimum Gasteiger partial charge on any atom is -0.370 e. The number of amides is 2. The molecule has 0 radical (unpaired) electrons. The van der Waals surface area contributed by atoms with E-state index in [0.29, 0.717) is 32.4 Å². The van der Waals surface area contributed by atoms with Crippen molar-refractivity contribution in [2.45, 2.75) is 37.9 Å². The van der Waals surface area contributed by atoms with E-state index < -0.39 is 12.1 Å². The molecule has 0 aliphatic carbocycles. The zero-order chi connectivity index (χ0) is 24.3. The van der Waals surface area contributed by atoms with E-state index in [2.05, 4.69) is 15.6 Å². The van der Waals surface area contributed by atoms with Gasteiger partial charge in [0.25, 0.3) is 0 Å². The van der Waals surface area contributed by atoms with Crippen LogP contribution in [0.5, 0.6) is 0 Å². The molecule has 0 aliphatic rings. The van der Waals surface area contributed by atoms with Crippen LogP contribution in [0.2, 0.25) is 0 Å². The number of carbonyl (C=O) groups is 2. The van der Waals surface area contributed by atoms with Crippen molar-refractivity contribution in [3.05, 3.63) is 83.9 Å². The summed E-state index contributed by atoms with van der Waals surface area (Å²) in [5.74, 6) is -0.667. The lowest BCUT2D eigenvalue weighted by molar-refractivity contribution is -0.129. The molecule has 0 saturated heterocycles. The number of carbonyl (C=O) groups excluding carboxylic acids is 2. The van der Waals surface area contributed by atoms with Gasteiger partial charge in [-0.15, -0.1) is 0 Å². The van der Waals surface area contributed by atoms with Crippen molar-refractivity contribution >= 4 is 28.5 Å². The molecule has 0 heterocycles. The van der Waals surface area contributed by atoms with Crippen LogP contribution in [-0.4, -0.2) is 36.4 Å². The Labute approximate surface area is 199 Å². The predicted molar refractivity (Wildman–Crippen MR) is 136 cm³/mol. The average Bonchev–Trinajstić information content (AvgIpc) is 2.84. The fourth-order valence-electron chi connectivity index (χ4n) is 3.76. The number of nitrogens with two attached hydrogens (primary N) is 3. The molecule has 8 nitrogen and oxygen atoms in total. The molecule has 8 heteroatoms. The lowest BCUT2D eigenvalue weighted by Crippen LogP contribution is -2.52. The molecular formula is C26H32N6O2. The van der Waals surface area contributed by atoms with Crippen LogP contribution in [-0.2, 0) is 22.6 Å². The minimum atomic E-state index is -0.770. The first-order valence-electron chi connectivity index (χ1n) is 11.3. The summed E-state index contributed by atoms with van der Waals surface area (Å²) < 4.78 is 0. The highest BCUT2D eigenvalue weighted by Gasteiger charge is 2.23. The van der Waals surface area contributed by atoms with Gasteiger partial charge in [-0.05, 0) is 41.2 Å². The number of nitrogens with one attached hydrogen (secondary N) is 2. The van der Waals surface area contributed by atoms with Crippen LogP contribution < -0.4 is 27.8 Å². The molecule has 0 fully saturated rings. The van der Waals surface area contributed by atoms with Gasteiger partial charge in [0.15, 0.2) is 5.96 Å². The van der Waals surface area contributed by atoms with E-state index >= 15 is 0 Å². The minimum absolute atomic E-state index is 0.00845. The van der Waals surface area contributed by atoms with Gasteiger partial charge in [0.05, 0.1) is 6.04 Å². The molecule has 34 heavy (non-hydrogen) atoms. The monoisotopic (exact) mass is 460 g/mol. The van der Waals surface area contributed by atoms with Crippen molar-refractivity contribution in [1.29, 1.82) is 0 Å². The summed E-state index contributed by atoms with van der Waals surface area (Å²) in [5, 5.41) is 7.94. The highest BCUT2D eigenvalue weighted by molar-refractivity contribution is 5.90. The van der Waals surface area contributed by atoms with Crippen LogP contribution in [0.25, 0.3) is 10.8 Å². The number of rotatable bonds is 11. The Morgan fingerprint density at radius 3 is 2.35 bits per heavy atom. The zero-order valence-corrected chi connectivity index (χ0v) is 19.1. The molecule has 8 N–H and O–H groups in total. The quantitative estimate of drug-likeness (QED) is 0.167. The number of hydrogen-bond donors (Lipinski definition) is 5. The molecule has 0 spiro atoms. The van der Waals surface area contributed by atoms with Gasteiger partial charge in [-0.2, -0.15) is 0 Å². The van der Waals surface area contributed by atoms with Crippen LogP contribution in [0.1, 0.15) is 24.0 Å². The van der Waals surface area contributed by atoms with E-state index in [1.165, 1.54) is 0 Å². The van der Waals surface area contributed by atoms with Crippen molar-refractivity contribution in [1.82, 2.24) is 10.6 Å². The fourth-order valence-corrected chi connectivity index (χ4v) is 3.76. The van der Waals surface area contributed by atoms with E-state index in [4.69, 9.17) is 17.2 Å². The van der Waals surface area contributed by atoms with Gasteiger partial charge in [0.1, 0.15) is 6.04 Å². The van der Waals surface area contributed by atoms with Gasteiger partial charge in [-0.1, -0.05) is 72.8 Å². The molecule has 2 amide bonds. The number of hydrogen-bond acceptors (Lipinski definition) is 4. The van der Waals surface area contributed by atoms with Crippen LogP contribution in [0.3, 0.4) is 0 Å². The Morgan fingerprint density at radius 1 is 0.882 bits per heavy atom. The molecule has 3 aromatic carbocycles. The second-order valence-corrected chi connectivity index (χ2v) is 8.16.